The topological polar surface area (TPSA) is 83.9 Å². The minimum Gasteiger partial charge on any atom is -0.511 e. The van der Waals surface area contributed by atoms with Crippen LogP contribution in [0.3, 0.4) is 0 Å². The van der Waals surface area contributed by atoms with Crippen molar-refractivity contribution in [2.45, 2.75) is 39.0 Å². The van der Waals surface area contributed by atoms with Gasteiger partial charge in [0.25, 0.3) is 0 Å². The summed E-state index contributed by atoms with van der Waals surface area (Å²) in [6, 6.07) is 6.92. The van der Waals surface area contributed by atoms with Gasteiger partial charge in [-0.15, -0.1) is 0 Å². The van der Waals surface area contributed by atoms with Crippen LogP contribution in [0.15, 0.2) is 36.1 Å². The van der Waals surface area contributed by atoms with Crippen molar-refractivity contribution in [3.63, 3.8) is 0 Å². The Hall–Kier alpha value is -2.63. The summed E-state index contributed by atoms with van der Waals surface area (Å²) in [4.78, 5) is 38.2. The molecular weight excluding hydrogens is 346 g/mol. The van der Waals surface area contributed by atoms with Crippen LogP contribution in [0.2, 0.25) is 0 Å². The van der Waals surface area contributed by atoms with E-state index in [4.69, 9.17) is 4.74 Å². The van der Waals surface area contributed by atoms with Gasteiger partial charge in [-0.3, -0.25) is 14.4 Å². The molecule has 0 radical (unpaired) electrons. The van der Waals surface area contributed by atoms with Gasteiger partial charge in [-0.2, -0.15) is 0 Å². The number of rotatable bonds is 7. The van der Waals surface area contributed by atoms with Gasteiger partial charge in [-0.1, -0.05) is 38.1 Å². The highest BCUT2D eigenvalue weighted by atomic mass is 16.5. The SMILES string of the molecule is CC(=O)OCCN(C)C(=O)C1(CCC(C)C)C(O)=CC(=O)c2ccccc21. The molecule has 1 aliphatic carbocycles. The quantitative estimate of drug-likeness (QED) is 0.743. The van der Waals surface area contributed by atoms with Gasteiger partial charge in [0.15, 0.2) is 5.78 Å². The first kappa shape index (κ1) is 20.7. The van der Waals surface area contributed by atoms with Crippen molar-refractivity contribution in [3.8, 4) is 0 Å². The molecule has 27 heavy (non-hydrogen) atoms. The number of likely N-dealkylation sites (N-methyl/N-ethyl adjacent to an activating group) is 1. The van der Waals surface area contributed by atoms with Crippen LogP contribution in [0.4, 0.5) is 0 Å². The fourth-order valence-corrected chi connectivity index (χ4v) is 3.39. The number of hydrogen-bond donors (Lipinski definition) is 1. The number of ketones is 1. The summed E-state index contributed by atoms with van der Waals surface area (Å²) < 4.78 is 4.93. The summed E-state index contributed by atoms with van der Waals surface area (Å²) in [7, 11) is 1.61. The molecule has 6 nitrogen and oxygen atoms in total. The van der Waals surface area contributed by atoms with Gasteiger partial charge in [0.2, 0.25) is 5.91 Å². The van der Waals surface area contributed by atoms with Crippen LogP contribution in [-0.4, -0.2) is 47.9 Å². The van der Waals surface area contributed by atoms with E-state index < -0.39 is 11.4 Å². The number of esters is 1. The van der Waals surface area contributed by atoms with E-state index in [9.17, 15) is 19.5 Å². The second-order valence-electron chi connectivity index (χ2n) is 7.34. The fraction of sp³-hybridized carbons (Fsp3) is 0.476. The van der Waals surface area contributed by atoms with E-state index in [1.54, 1.807) is 31.3 Å². The zero-order valence-electron chi connectivity index (χ0n) is 16.3. The van der Waals surface area contributed by atoms with Gasteiger partial charge >= 0.3 is 5.97 Å². The number of carbonyl (C=O) groups excluding carboxylic acids is 3. The second-order valence-corrected chi connectivity index (χ2v) is 7.34. The van der Waals surface area contributed by atoms with Crippen molar-refractivity contribution >= 4 is 17.7 Å². The van der Waals surface area contributed by atoms with Crippen molar-refractivity contribution in [1.82, 2.24) is 4.90 Å². The Morgan fingerprint density at radius 2 is 1.93 bits per heavy atom. The summed E-state index contributed by atoms with van der Waals surface area (Å²) in [6.07, 6.45) is 2.23. The van der Waals surface area contributed by atoms with E-state index in [2.05, 4.69) is 0 Å². The molecule has 0 heterocycles. The Bertz CT molecular complexity index is 768. The van der Waals surface area contributed by atoms with Gasteiger partial charge in [0, 0.05) is 25.6 Å². The minimum absolute atomic E-state index is 0.0723. The predicted molar refractivity (Wildman–Crippen MR) is 102 cm³/mol. The normalized spacial score (nSPS) is 18.7. The smallest absolute Gasteiger partial charge is 0.302 e. The molecule has 0 saturated carbocycles. The van der Waals surface area contributed by atoms with Gasteiger partial charge in [-0.05, 0) is 24.3 Å². The molecular formula is C21H27NO5. The molecule has 0 fully saturated rings. The van der Waals surface area contributed by atoms with Gasteiger partial charge in [0.05, 0.1) is 6.54 Å². The van der Waals surface area contributed by atoms with Crippen LogP contribution in [-0.2, 0) is 19.7 Å². The largest absolute Gasteiger partial charge is 0.511 e. The van der Waals surface area contributed by atoms with Crippen molar-refractivity contribution in [2.24, 2.45) is 5.92 Å². The van der Waals surface area contributed by atoms with E-state index in [-0.39, 0.29) is 30.6 Å². The maximum absolute atomic E-state index is 13.5. The standard InChI is InChI=1S/C21H27NO5/c1-14(2)9-10-21(20(26)22(4)11-12-27-15(3)23)17-8-6-5-7-16(17)18(24)13-19(21)25/h5-8,13-14,25H,9-12H2,1-4H3. The number of amides is 1. The number of carbonyl (C=O) groups is 3. The van der Waals surface area contributed by atoms with Crippen LogP contribution in [0, 0.1) is 5.92 Å². The number of benzene rings is 1. The van der Waals surface area contributed by atoms with Crippen LogP contribution in [0.25, 0.3) is 0 Å². The Morgan fingerprint density at radius 3 is 2.56 bits per heavy atom. The monoisotopic (exact) mass is 373 g/mol. The molecule has 0 aliphatic heterocycles. The third-order valence-electron chi connectivity index (χ3n) is 4.90. The van der Waals surface area contributed by atoms with Gasteiger partial charge in [-0.25, -0.2) is 0 Å². The number of ether oxygens (including phenoxy) is 1. The van der Waals surface area contributed by atoms with E-state index in [1.165, 1.54) is 11.8 Å². The Labute approximate surface area is 159 Å². The Morgan fingerprint density at radius 1 is 1.26 bits per heavy atom. The molecule has 0 spiro atoms. The van der Waals surface area contributed by atoms with Crippen molar-refractivity contribution in [2.75, 3.05) is 20.2 Å². The van der Waals surface area contributed by atoms with Crippen LogP contribution in [0.1, 0.15) is 49.5 Å². The lowest BCUT2D eigenvalue weighted by Crippen LogP contribution is -2.50. The van der Waals surface area contributed by atoms with E-state index in [0.29, 0.717) is 29.9 Å². The molecule has 0 aromatic heterocycles. The Kier molecular flexibility index (Phi) is 6.41. The van der Waals surface area contributed by atoms with E-state index >= 15 is 0 Å². The summed E-state index contributed by atoms with van der Waals surface area (Å²) in [5, 5.41) is 10.8. The number of aliphatic hydroxyl groups is 1. The number of fused-ring (bicyclic) bond motifs is 1. The van der Waals surface area contributed by atoms with Crippen LogP contribution < -0.4 is 0 Å². The maximum Gasteiger partial charge on any atom is 0.302 e. The molecule has 146 valence electrons. The lowest BCUT2D eigenvalue weighted by molar-refractivity contribution is -0.144. The summed E-state index contributed by atoms with van der Waals surface area (Å²) in [5.41, 5.74) is -0.347. The zero-order chi connectivity index (χ0) is 20.2. The number of allylic oxidation sites excluding steroid dienone is 1. The zero-order valence-corrected chi connectivity index (χ0v) is 16.3. The average Bonchev–Trinajstić information content (AvgIpc) is 2.61. The molecule has 1 aromatic rings. The van der Waals surface area contributed by atoms with Gasteiger partial charge in [0.1, 0.15) is 17.8 Å². The highest BCUT2D eigenvalue weighted by Gasteiger charge is 2.49. The molecule has 0 bridgehead atoms. The lowest BCUT2D eigenvalue weighted by Gasteiger charge is -2.39. The summed E-state index contributed by atoms with van der Waals surface area (Å²) in [5.74, 6) is -0.945. The third kappa shape index (κ3) is 4.21. The molecule has 6 heteroatoms. The lowest BCUT2D eigenvalue weighted by atomic mass is 9.68. The third-order valence-corrected chi connectivity index (χ3v) is 4.90. The molecule has 1 unspecified atom stereocenters. The van der Waals surface area contributed by atoms with E-state index in [1.807, 2.05) is 13.8 Å². The second kappa shape index (κ2) is 8.37. The highest BCUT2D eigenvalue weighted by molar-refractivity contribution is 6.11. The molecule has 1 atom stereocenters. The number of hydrogen-bond acceptors (Lipinski definition) is 5. The molecule has 1 aromatic carbocycles. The van der Waals surface area contributed by atoms with Crippen molar-refractivity contribution in [1.29, 1.82) is 0 Å². The highest BCUT2D eigenvalue weighted by Crippen LogP contribution is 2.43. The number of aliphatic hydroxyl groups excluding tert-OH is 1. The van der Waals surface area contributed by atoms with Crippen molar-refractivity contribution < 1.29 is 24.2 Å². The first-order chi connectivity index (χ1) is 12.7. The Balaban J connectivity index is 2.46. The summed E-state index contributed by atoms with van der Waals surface area (Å²) >= 11 is 0. The van der Waals surface area contributed by atoms with Gasteiger partial charge < -0.3 is 14.7 Å². The molecule has 1 aliphatic rings. The molecule has 2 rings (SSSR count). The first-order valence-electron chi connectivity index (χ1n) is 9.14. The van der Waals surface area contributed by atoms with Crippen molar-refractivity contribution in [3.05, 3.63) is 47.2 Å². The maximum atomic E-state index is 13.5. The fourth-order valence-electron chi connectivity index (χ4n) is 3.39. The molecule has 1 amide bonds. The van der Waals surface area contributed by atoms with Crippen LogP contribution in [0.5, 0.6) is 0 Å². The minimum atomic E-state index is -1.31. The molecule has 0 saturated heterocycles. The van der Waals surface area contributed by atoms with Crippen LogP contribution >= 0.6 is 0 Å². The first-order valence-corrected chi connectivity index (χ1v) is 9.14. The number of nitrogens with zero attached hydrogens (tertiary/aromatic N) is 1. The summed E-state index contributed by atoms with van der Waals surface area (Å²) in [6.45, 7) is 5.67. The predicted octanol–water partition coefficient (Wildman–Crippen LogP) is 3.02. The molecule has 1 N–H and O–H groups in total. The average molecular weight is 373 g/mol. The van der Waals surface area contributed by atoms with E-state index in [0.717, 1.165) is 6.08 Å².